The fourth-order valence-corrected chi connectivity index (χ4v) is 2.51. The summed E-state index contributed by atoms with van der Waals surface area (Å²) in [5.74, 6) is -1.31. The van der Waals surface area contributed by atoms with Crippen molar-refractivity contribution in [2.75, 3.05) is 5.32 Å². The molecule has 1 amide bonds. The smallest absolute Gasteiger partial charge is 0.433 e. The Kier molecular flexibility index (Phi) is 6.70. The van der Waals surface area contributed by atoms with E-state index in [0.717, 1.165) is 17.2 Å². The van der Waals surface area contributed by atoms with Crippen LogP contribution in [0.1, 0.15) is 43.6 Å². The first kappa shape index (κ1) is 20.9. The van der Waals surface area contributed by atoms with Gasteiger partial charge in [0, 0.05) is 11.8 Å². The lowest BCUT2D eigenvalue weighted by Crippen LogP contribution is -2.30. The van der Waals surface area contributed by atoms with Gasteiger partial charge in [0.15, 0.2) is 6.10 Å². The minimum atomic E-state index is -1.03. The molecule has 1 aromatic heterocycles. The van der Waals surface area contributed by atoms with Gasteiger partial charge in [0.1, 0.15) is 10.7 Å². The summed E-state index contributed by atoms with van der Waals surface area (Å²) >= 11 is 0. The Balaban J connectivity index is 1.99. The Labute approximate surface area is 162 Å². The van der Waals surface area contributed by atoms with Crippen molar-refractivity contribution in [3.05, 3.63) is 63.4 Å². The first-order valence-electron chi connectivity index (χ1n) is 8.72. The summed E-state index contributed by atoms with van der Waals surface area (Å²) in [4.78, 5) is 34.2. The molecule has 8 nitrogen and oxygen atoms in total. The quantitative estimate of drug-likeness (QED) is 0.330. The van der Waals surface area contributed by atoms with Crippen LogP contribution in [0, 0.1) is 17.0 Å². The van der Waals surface area contributed by atoms with E-state index in [4.69, 9.17) is 9.15 Å². The average Bonchev–Trinajstić information content (AvgIpc) is 3.10. The van der Waals surface area contributed by atoms with Crippen LogP contribution in [0.5, 0.6) is 0 Å². The molecule has 0 aliphatic rings. The molecule has 2 rings (SSSR count). The summed E-state index contributed by atoms with van der Waals surface area (Å²) in [5, 5.41) is 13.4. The van der Waals surface area contributed by atoms with Crippen LogP contribution in [0.4, 0.5) is 11.6 Å². The number of nitrogens with one attached hydrogen (secondary N) is 1. The number of nitro groups is 1. The predicted octanol–water partition coefficient (Wildman–Crippen LogP) is 4.20. The minimum Gasteiger partial charge on any atom is -0.449 e. The molecule has 148 valence electrons. The maximum atomic E-state index is 12.4. The number of aryl methyl sites for hydroxylation is 1. The van der Waals surface area contributed by atoms with Crippen LogP contribution >= 0.6 is 0 Å². The van der Waals surface area contributed by atoms with Crippen molar-refractivity contribution in [3.63, 3.8) is 0 Å². The highest BCUT2D eigenvalue weighted by molar-refractivity contribution is 5.97. The molecule has 0 saturated heterocycles. The highest BCUT2D eigenvalue weighted by Crippen LogP contribution is 2.27. The zero-order chi connectivity index (χ0) is 20.8. The molecular weight excluding hydrogens is 364 g/mol. The largest absolute Gasteiger partial charge is 0.449 e. The summed E-state index contributed by atoms with van der Waals surface area (Å²) in [7, 11) is 0. The van der Waals surface area contributed by atoms with Crippen molar-refractivity contribution >= 4 is 29.5 Å². The van der Waals surface area contributed by atoms with Crippen LogP contribution in [-0.2, 0) is 14.3 Å². The summed E-state index contributed by atoms with van der Waals surface area (Å²) in [6.45, 7) is 7.41. The van der Waals surface area contributed by atoms with Gasteiger partial charge < -0.3 is 14.5 Å². The maximum absolute atomic E-state index is 12.4. The lowest BCUT2D eigenvalue weighted by molar-refractivity contribution is -0.402. The average molecular weight is 386 g/mol. The molecule has 0 unspecified atom stereocenters. The van der Waals surface area contributed by atoms with Crippen LogP contribution in [-0.4, -0.2) is 22.9 Å². The molecule has 0 saturated carbocycles. The van der Waals surface area contributed by atoms with Gasteiger partial charge in [-0.25, -0.2) is 4.79 Å². The van der Waals surface area contributed by atoms with Gasteiger partial charge >= 0.3 is 11.9 Å². The molecule has 1 heterocycles. The van der Waals surface area contributed by atoms with E-state index in [-0.39, 0.29) is 11.7 Å². The lowest BCUT2D eigenvalue weighted by Gasteiger charge is -2.18. The number of nitrogens with zero attached hydrogens (tertiary/aromatic N) is 1. The first-order chi connectivity index (χ1) is 13.2. The number of anilines is 1. The molecule has 0 aliphatic heterocycles. The van der Waals surface area contributed by atoms with Crippen molar-refractivity contribution in [2.45, 2.75) is 39.7 Å². The van der Waals surface area contributed by atoms with E-state index in [0.29, 0.717) is 5.69 Å². The number of carbonyl (C=O) groups excluding carboxylic acids is 2. The van der Waals surface area contributed by atoms with Gasteiger partial charge in [-0.3, -0.25) is 14.9 Å². The van der Waals surface area contributed by atoms with Gasteiger partial charge in [0.25, 0.3) is 5.91 Å². The maximum Gasteiger partial charge on any atom is 0.433 e. The van der Waals surface area contributed by atoms with Gasteiger partial charge in [-0.2, -0.15) is 0 Å². The van der Waals surface area contributed by atoms with Gasteiger partial charge in [0.05, 0.1) is 6.07 Å². The molecule has 1 aromatic carbocycles. The molecule has 0 fully saturated rings. The van der Waals surface area contributed by atoms with Crippen LogP contribution < -0.4 is 5.32 Å². The second-order valence-corrected chi connectivity index (χ2v) is 6.53. The summed E-state index contributed by atoms with van der Waals surface area (Å²) in [6.07, 6.45) is 1.25. The Morgan fingerprint density at radius 1 is 1.21 bits per heavy atom. The van der Waals surface area contributed by atoms with Crippen LogP contribution in [0.15, 0.2) is 40.8 Å². The topological polar surface area (TPSA) is 112 Å². The number of hydrogen-bond acceptors (Lipinski definition) is 6. The fourth-order valence-electron chi connectivity index (χ4n) is 2.51. The van der Waals surface area contributed by atoms with Crippen LogP contribution in [0.25, 0.3) is 6.08 Å². The van der Waals surface area contributed by atoms with E-state index in [1.807, 2.05) is 39.0 Å². The van der Waals surface area contributed by atoms with Gasteiger partial charge in [-0.15, -0.1) is 0 Å². The zero-order valence-corrected chi connectivity index (χ0v) is 16.1. The molecule has 1 atom stereocenters. The van der Waals surface area contributed by atoms with Gasteiger partial charge in [-0.1, -0.05) is 32.0 Å². The summed E-state index contributed by atoms with van der Waals surface area (Å²) < 4.78 is 9.99. The van der Waals surface area contributed by atoms with Gasteiger partial charge in [0.2, 0.25) is 0 Å². The van der Waals surface area contributed by atoms with E-state index in [9.17, 15) is 19.7 Å². The number of para-hydroxylation sites is 1. The Hall–Kier alpha value is -3.42. The second kappa shape index (κ2) is 8.98. The monoisotopic (exact) mass is 386 g/mol. The zero-order valence-electron chi connectivity index (χ0n) is 16.1. The molecule has 1 N–H and O–H groups in total. The van der Waals surface area contributed by atoms with Crippen LogP contribution in [0.2, 0.25) is 0 Å². The van der Waals surface area contributed by atoms with Crippen molar-refractivity contribution in [2.24, 2.45) is 0 Å². The second-order valence-electron chi connectivity index (χ2n) is 6.53. The van der Waals surface area contributed by atoms with Crippen molar-refractivity contribution in [3.8, 4) is 0 Å². The third-order valence-corrected chi connectivity index (χ3v) is 4.01. The molecule has 0 aliphatic carbocycles. The van der Waals surface area contributed by atoms with E-state index in [2.05, 4.69) is 5.32 Å². The molecule has 2 aromatic rings. The summed E-state index contributed by atoms with van der Waals surface area (Å²) in [5.41, 5.74) is 2.62. The first-order valence-corrected chi connectivity index (χ1v) is 8.72. The van der Waals surface area contributed by atoms with Gasteiger partial charge in [-0.05, 0) is 43.0 Å². The highest BCUT2D eigenvalue weighted by atomic mass is 16.6. The molecule has 0 radical (unpaired) electrons. The van der Waals surface area contributed by atoms with E-state index < -0.39 is 28.8 Å². The number of esters is 1. The normalized spacial score (nSPS) is 12.2. The fraction of sp³-hybridized carbons (Fsp3) is 0.300. The predicted molar refractivity (Wildman–Crippen MR) is 104 cm³/mol. The number of furan rings is 1. The van der Waals surface area contributed by atoms with Crippen molar-refractivity contribution in [1.82, 2.24) is 0 Å². The SMILES string of the molecule is Cc1cccc(C(C)C)c1NC(=O)[C@@H](C)OC(=O)/C=C/c1ccc([N+](=O)[O-])o1. The number of ether oxygens (including phenoxy) is 1. The number of amides is 1. The van der Waals surface area contributed by atoms with E-state index in [1.165, 1.54) is 25.1 Å². The third kappa shape index (κ3) is 5.29. The Morgan fingerprint density at radius 3 is 2.54 bits per heavy atom. The number of carbonyl (C=O) groups is 2. The standard InChI is InChI=1S/C20H22N2O6/c1-12(2)16-7-5-6-13(3)19(16)21-20(24)14(4)27-18(23)11-9-15-8-10-17(28-15)22(25)26/h5-12,14H,1-4H3,(H,21,24)/b11-9+/t14-/m1/s1. The minimum absolute atomic E-state index is 0.127. The molecule has 0 bridgehead atoms. The molecule has 0 spiro atoms. The summed E-state index contributed by atoms with van der Waals surface area (Å²) in [6, 6.07) is 8.28. The Morgan fingerprint density at radius 2 is 1.93 bits per heavy atom. The molecule has 28 heavy (non-hydrogen) atoms. The van der Waals surface area contributed by atoms with E-state index >= 15 is 0 Å². The van der Waals surface area contributed by atoms with Crippen LogP contribution in [0.3, 0.4) is 0 Å². The Bertz CT molecular complexity index is 913. The van der Waals surface area contributed by atoms with Crippen molar-refractivity contribution < 1.29 is 23.7 Å². The number of benzene rings is 1. The van der Waals surface area contributed by atoms with Crippen molar-refractivity contribution in [1.29, 1.82) is 0 Å². The number of rotatable bonds is 7. The molecular formula is C20H22N2O6. The third-order valence-electron chi connectivity index (χ3n) is 4.01. The highest BCUT2D eigenvalue weighted by Gasteiger charge is 2.19. The number of hydrogen-bond donors (Lipinski definition) is 1. The van der Waals surface area contributed by atoms with E-state index in [1.54, 1.807) is 0 Å². The molecule has 8 heteroatoms. The lowest BCUT2D eigenvalue weighted by atomic mass is 9.98.